The zero-order valence-electron chi connectivity index (χ0n) is 14.5. The summed E-state index contributed by atoms with van der Waals surface area (Å²) >= 11 is 0. The number of aromatic hydroxyl groups is 1. The normalized spacial score (nSPS) is 17.8. The SMILES string of the molecule is O=C(NCC1CN(CCc2ccccc2)CCO1)c1ccc(O)c(F)c1. The molecule has 0 saturated carbocycles. The molecule has 5 nitrogen and oxygen atoms in total. The van der Waals surface area contributed by atoms with Crippen LogP contribution < -0.4 is 5.32 Å². The summed E-state index contributed by atoms with van der Waals surface area (Å²) in [5, 5.41) is 12.0. The van der Waals surface area contributed by atoms with Crippen molar-refractivity contribution in [1.29, 1.82) is 0 Å². The molecule has 2 aromatic carbocycles. The molecule has 3 rings (SSSR count). The van der Waals surface area contributed by atoms with Crippen LogP contribution in [0, 0.1) is 5.82 Å². The highest BCUT2D eigenvalue weighted by molar-refractivity contribution is 5.94. The fraction of sp³-hybridized carbons (Fsp3) is 0.350. The maximum atomic E-state index is 13.3. The maximum absolute atomic E-state index is 13.3. The van der Waals surface area contributed by atoms with E-state index in [0.717, 1.165) is 32.1 Å². The first-order chi connectivity index (χ1) is 12.6. The van der Waals surface area contributed by atoms with E-state index in [-0.39, 0.29) is 17.6 Å². The first kappa shape index (κ1) is 18.4. The van der Waals surface area contributed by atoms with E-state index in [1.165, 1.54) is 17.7 Å². The molecule has 1 amide bonds. The van der Waals surface area contributed by atoms with Gasteiger partial charge in [-0.1, -0.05) is 30.3 Å². The van der Waals surface area contributed by atoms with Crippen molar-refractivity contribution >= 4 is 5.91 Å². The van der Waals surface area contributed by atoms with Gasteiger partial charge in [0.05, 0.1) is 12.7 Å². The van der Waals surface area contributed by atoms with Crippen LogP contribution in [0.2, 0.25) is 0 Å². The summed E-state index contributed by atoms with van der Waals surface area (Å²) in [5.74, 6) is -1.65. The Bertz CT molecular complexity index is 739. The first-order valence-corrected chi connectivity index (χ1v) is 8.76. The van der Waals surface area contributed by atoms with Gasteiger partial charge < -0.3 is 15.2 Å². The number of morpholine rings is 1. The number of benzene rings is 2. The summed E-state index contributed by atoms with van der Waals surface area (Å²) in [6, 6.07) is 13.9. The zero-order chi connectivity index (χ0) is 18.4. The molecular weight excluding hydrogens is 335 g/mol. The van der Waals surface area contributed by atoms with Crippen molar-refractivity contribution in [3.8, 4) is 5.75 Å². The van der Waals surface area contributed by atoms with Gasteiger partial charge in [0.25, 0.3) is 5.91 Å². The topological polar surface area (TPSA) is 61.8 Å². The average molecular weight is 358 g/mol. The lowest BCUT2D eigenvalue weighted by Gasteiger charge is -2.33. The minimum atomic E-state index is -0.807. The first-order valence-electron chi connectivity index (χ1n) is 8.76. The van der Waals surface area contributed by atoms with Crippen LogP contribution in [0.1, 0.15) is 15.9 Å². The van der Waals surface area contributed by atoms with Gasteiger partial charge in [0.15, 0.2) is 11.6 Å². The summed E-state index contributed by atoms with van der Waals surface area (Å²) < 4.78 is 19.1. The number of nitrogens with zero attached hydrogens (tertiary/aromatic N) is 1. The van der Waals surface area contributed by atoms with Crippen molar-refractivity contribution in [2.75, 3.05) is 32.8 Å². The lowest BCUT2D eigenvalue weighted by atomic mass is 10.1. The number of ether oxygens (including phenoxy) is 1. The molecule has 1 saturated heterocycles. The molecule has 2 N–H and O–H groups in total. The van der Waals surface area contributed by atoms with Gasteiger partial charge in [-0.25, -0.2) is 4.39 Å². The standard InChI is InChI=1S/C20H23FN2O3/c21-18-12-16(6-7-19(18)24)20(25)22-13-17-14-23(10-11-26-17)9-8-15-4-2-1-3-5-15/h1-7,12,17,24H,8-11,13-14H2,(H,22,25). The van der Waals surface area contributed by atoms with Gasteiger partial charge in [-0.05, 0) is 30.2 Å². The number of amides is 1. The molecular formula is C20H23FN2O3. The Morgan fingerprint density at radius 3 is 2.85 bits per heavy atom. The van der Waals surface area contributed by atoms with Crippen molar-refractivity contribution in [2.24, 2.45) is 0 Å². The van der Waals surface area contributed by atoms with Crippen molar-refractivity contribution in [2.45, 2.75) is 12.5 Å². The fourth-order valence-corrected chi connectivity index (χ4v) is 3.00. The highest BCUT2D eigenvalue weighted by Crippen LogP contribution is 2.16. The average Bonchev–Trinajstić information content (AvgIpc) is 2.68. The number of halogens is 1. The number of phenolic OH excluding ortho intramolecular Hbond substituents is 1. The number of carbonyl (C=O) groups is 1. The molecule has 2 aromatic rings. The Kier molecular flexibility index (Phi) is 6.20. The Balaban J connectivity index is 1.45. The summed E-state index contributed by atoms with van der Waals surface area (Å²) in [6.45, 7) is 3.56. The fourth-order valence-electron chi connectivity index (χ4n) is 3.00. The maximum Gasteiger partial charge on any atom is 0.251 e. The Hall–Kier alpha value is -2.44. The number of phenols is 1. The molecule has 0 radical (unpaired) electrons. The van der Waals surface area contributed by atoms with Gasteiger partial charge in [-0.15, -0.1) is 0 Å². The van der Waals surface area contributed by atoms with Crippen LogP contribution >= 0.6 is 0 Å². The molecule has 1 unspecified atom stereocenters. The highest BCUT2D eigenvalue weighted by Gasteiger charge is 2.21. The van der Waals surface area contributed by atoms with Crippen LogP contribution in [0.5, 0.6) is 5.75 Å². The smallest absolute Gasteiger partial charge is 0.251 e. The molecule has 1 aliphatic heterocycles. The Labute approximate surface area is 152 Å². The van der Waals surface area contributed by atoms with E-state index in [2.05, 4.69) is 22.3 Å². The molecule has 0 bridgehead atoms. The van der Waals surface area contributed by atoms with Gasteiger partial charge in [-0.3, -0.25) is 9.69 Å². The highest BCUT2D eigenvalue weighted by atomic mass is 19.1. The Morgan fingerprint density at radius 2 is 2.08 bits per heavy atom. The van der Waals surface area contributed by atoms with Crippen LogP contribution in [0.25, 0.3) is 0 Å². The molecule has 1 atom stereocenters. The molecule has 138 valence electrons. The van der Waals surface area contributed by atoms with E-state index in [4.69, 9.17) is 4.74 Å². The van der Waals surface area contributed by atoms with E-state index in [9.17, 15) is 14.3 Å². The largest absolute Gasteiger partial charge is 0.505 e. The quantitative estimate of drug-likeness (QED) is 0.831. The number of nitrogens with one attached hydrogen (secondary N) is 1. The van der Waals surface area contributed by atoms with Crippen LogP contribution in [-0.4, -0.2) is 54.8 Å². The molecule has 1 heterocycles. The molecule has 1 fully saturated rings. The van der Waals surface area contributed by atoms with Crippen molar-refractivity contribution in [1.82, 2.24) is 10.2 Å². The summed E-state index contributed by atoms with van der Waals surface area (Å²) in [4.78, 5) is 14.4. The molecule has 6 heteroatoms. The van der Waals surface area contributed by atoms with Gasteiger partial charge in [-0.2, -0.15) is 0 Å². The van der Waals surface area contributed by atoms with E-state index < -0.39 is 11.6 Å². The van der Waals surface area contributed by atoms with Crippen molar-refractivity contribution < 1.29 is 19.0 Å². The molecule has 1 aliphatic rings. The van der Waals surface area contributed by atoms with Crippen LogP contribution in [0.4, 0.5) is 4.39 Å². The third-order valence-electron chi connectivity index (χ3n) is 4.48. The predicted octanol–water partition coefficient (Wildman–Crippen LogP) is 2.20. The molecule has 26 heavy (non-hydrogen) atoms. The Morgan fingerprint density at radius 1 is 1.27 bits per heavy atom. The lowest BCUT2D eigenvalue weighted by Crippen LogP contribution is -2.48. The van der Waals surface area contributed by atoms with E-state index in [0.29, 0.717) is 13.2 Å². The second-order valence-corrected chi connectivity index (χ2v) is 6.41. The lowest BCUT2D eigenvalue weighted by molar-refractivity contribution is -0.0259. The minimum Gasteiger partial charge on any atom is -0.505 e. The van der Waals surface area contributed by atoms with Crippen molar-refractivity contribution in [3.63, 3.8) is 0 Å². The van der Waals surface area contributed by atoms with Crippen LogP contribution in [0.15, 0.2) is 48.5 Å². The summed E-state index contributed by atoms with van der Waals surface area (Å²) in [5.41, 5.74) is 1.48. The number of hydrogen-bond acceptors (Lipinski definition) is 4. The van der Waals surface area contributed by atoms with Crippen molar-refractivity contribution in [3.05, 3.63) is 65.5 Å². The van der Waals surface area contributed by atoms with E-state index in [1.54, 1.807) is 0 Å². The zero-order valence-corrected chi connectivity index (χ0v) is 14.5. The number of hydrogen-bond donors (Lipinski definition) is 2. The predicted molar refractivity (Wildman–Crippen MR) is 96.7 cm³/mol. The second kappa shape index (κ2) is 8.78. The number of rotatable bonds is 6. The van der Waals surface area contributed by atoms with Gasteiger partial charge >= 0.3 is 0 Å². The summed E-state index contributed by atoms with van der Waals surface area (Å²) in [7, 11) is 0. The van der Waals surface area contributed by atoms with Gasteiger partial charge in [0.1, 0.15) is 0 Å². The molecule has 0 aliphatic carbocycles. The third-order valence-corrected chi connectivity index (χ3v) is 4.48. The monoisotopic (exact) mass is 358 g/mol. The third kappa shape index (κ3) is 5.03. The van der Waals surface area contributed by atoms with Crippen LogP contribution in [0.3, 0.4) is 0 Å². The van der Waals surface area contributed by atoms with E-state index >= 15 is 0 Å². The minimum absolute atomic E-state index is 0.0922. The molecule has 0 aromatic heterocycles. The second-order valence-electron chi connectivity index (χ2n) is 6.41. The van der Waals surface area contributed by atoms with Gasteiger partial charge in [0.2, 0.25) is 0 Å². The van der Waals surface area contributed by atoms with E-state index in [1.807, 2.05) is 18.2 Å². The number of carbonyl (C=O) groups excluding carboxylic acids is 1. The summed E-state index contributed by atoms with van der Waals surface area (Å²) in [6.07, 6.45) is 0.887. The molecule has 0 spiro atoms. The van der Waals surface area contributed by atoms with Gasteiger partial charge in [0, 0.05) is 31.7 Å². The van der Waals surface area contributed by atoms with Crippen LogP contribution in [-0.2, 0) is 11.2 Å².